The zero-order chi connectivity index (χ0) is 11.0. The highest BCUT2D eigenvalue weighted by molar-refractivity contribution is 6.31. The summed E-state index contributed by atoms with van der Waals surface area (Å²) in [6, 6.07) is 8.02. The predicted molar refractivity (Wildman–Crippen MR) is 64.8 cm³/mol. The van der Waals surface area contributed by atoms with Gasteiger partial charge in [-0.25, -0.2) is 0 Å². The van der Waals surface area contributed by atoms with Crippen LogP contribution in [0.5, 0.6) is 0 Å². The fourth-order valence-corrected chi connectivity index (χ4v) is 2.24. The van der Waals surface area contributed by atoms with Crippen molar-refractivity contribution in [3.05, 3.63) is 35.0 Å². The van der Waals surface area contributed by atoms with Crippen LogP contribution in [0.2, 0.25) is 5.02 Å². The zero-order valence-electron chi connectivity index (χ0n) is 8.79. The Morgan fingerprint density at radius 2 is 2.19 bits per heavy atom. The van der Waals surface area contributed by atoms with E-state index in [2.05, 4.69) is 16.7 Å². The highest BCUT2D eigenvalue weighted by Gasteiger charge is 2.18. The van der Waals surface area contributed by atoms with E-state index in [0.29, 0.717) is 0 Å². The van der Waals surface area contributed by atoms with Crippen LogP contribution >= 0.6 is 11.6 Å². The van der Waals surface area contributed by atoms with Crippen LogP contribution in [-0.2, 0) is 0 Å². The molecular formula is C12H13ClN2O. The van der Waals surface area contributed by atoms with Gasteiger partial charge < -0.3 is 15.1 Å². The van der Waals surface area contributed by atoms with Crippen LogP contribution in [0, 0.1) is 0 Å². The van der Waals surface area contributed by atoms with Crippen LogP contribution in [0.1, 0.15) is 11.8 Å². The predicted octanol–water partition coefficient (Wildman–Crippen LogP) is 2.32. The molecule has 0 saturated carbocycles. The summed E-state index contributed by atoms with van der Waals surface area (Å²) < 4.78 is 5.80. The number of piperazine rings is 1. The molecule has 1 saturated heterocycles. The van der Waals surface area contributed by atoms with Crippen molar-refractivity contribution in [1.82, 2.24) is 10.6 Å². The maximum Gasteiger partial charge on any atom is 0.134 e. The molecule has 1 atom stereocenters. The van der Waals surface area contributed by atoms with Gasteiger partial charge in [-0.1, -0.05) is 11.6 Å². The summed E-state index contributed by atoms with van der Waals surface area (Å²) in [5, 5.41) is 8.57. The summed E-state index contributed by atoms with van der Waals surface area (Å²) in [7, 11) is 0. The maximum atomic E-state index is 5.94. The number of hydrogen-bond donors (Lipinski definition) is 2. The van der Waals surface area contributed by atoms with E-state index in [1.807, 2.05) is 18.2 Å². The van der Waals surface area contributed by atoms with Crippen molar-refractivity contribution >= 4 is 22.6 Å². The fraction of sp³-hybridized carbons (Fsp3) is 0.333. The highest BCUT2D eigenvalue weighted by Crippen LogP contribution is 2.26. The second-order valence-electron chi connectivity index (χ2n) is 4.04. The van der Waals surface area contributed by atoms with Crippen LogP contribution in [0.4, 0.5) is 0 Å². The first-order chi connectivity index (χ1) is 7.83. The van der Waals surface area contributed by atoms with Gasteiger partial charge in [0.2, 0.25) is 0 Å². The number of benzene rings is 1. The van der Waals surface area contributed by atoms with Gasteiger partial charge in [0.1, 0.15) is 11.3 Å². The third kappa shape index (κ3) is 1.82. The second-order valence-corrected chi connectivity index (χ2v) is 4.48. The number of fused-ring (bicyclic) bond motifs is 1. The average Bonchev–Trinajstić information content (AvgIpc) is 2.73. The summed E-state index contributed by atoms with van der Waals surface area (Å²) >= 11 is 5.94. The lowest BCUT2D eigenvalue weighted by molar-refractivity contribution is 0.373. The molecule has 84 valence electrons. The second kappa shape index (κ2) is 4.09. The number of rotatable bonds is 1. The van der Waals surface area contributed by atoms with E-state index >= 15 is 0 Å². The van der Waals surface area contributed by atoms with E-state index in [9.17, 15) is 0 Å². The molecule has 2 N–H and O–H groups in total. The van der Waals surface area contributed by atoms with E-state index in [-0.39, 0.29) is 6.04 Å². The van der Waals surface area contributed by atoms with Gasteiger partial charge in [-0.2, -0.15) is 0 Å². The monoisotopic (exact) mass is 236 g/mol. The Hall–Kier alpha value is -1.03. The Bertz CT molecular complexity index is 503. The van der Waals surface area contributed by atoms with Crippen LogP contribution in [0.3, 0.4) is 0 Å². The van der Waals surface area contributed by atoms with Gasteiger partial charge in [0.05, 0.1) is 6.04 Å². The summed E-state index contributed by atoms with van der Waals surface area (Å²) in [4.78, 5) is 0. The number of furan rings is 1. The molecule has 16 heavy (non-hydrogen) atoms. The molecule has 1 aromatic carbocycles. The van der Waals surface area contributed by atoms with Crippen molar-refractivity contribution in [2.24, 2.45) is 0 Å². The van der Waals surface area contributed by atoms with Crippen molar-refractivity contribution in [3.8, 4) is 0 Å². The molecule has 1 aliphatic rings. The number of nitrogens with one attached hydrogen (secondary N) is 2. The molecule has 3 rings (SSSR count). The smallest absolute Gasteiger partial charge is 0.134 e. The molecular weight excluding hydrogens is 224 g/mol. The lowest BCUT2D eigenvalue weighted by Gasteiger charge is -2.22. The van der Waals surface area contributed by atoms with Crippen LogP contribution in [0.15, 0.2) is 28.7 Å². The van der Waals surface area contributed by atoms with Crippen molar-refractivity contribution in [1.29, 1.82) is 0 Å². The average molecular weight is 237 g/mol. The lowest BCUT2D eigenvalue weighted by atomic mass is 10.1. The van der Waals surface area contributed by atoms with Crippen molar-refractivity contribution in [2.45, 2.75) is 6.04 Å². The van der Waals surface area contributed by atoms with E-state index in [0.717, 1.165) is 41.4 Å². The summed E-state index contributed by atoms with van der Waals surface area (Å²) in [6.45, 7) is 2.90. The van der Waals surface area contributed by atoms with E-state index in [4.69, 9.17) is 16.0 Å². The van der Waals surface area contributed by atoms with E-state index in [1.54, 1.807) is 0 Å². The normalized spacial score (nSPS) is 21.4. The fourth-order valence-electron chi connectivity index (χ4n) is 2.06. The van der Waals surface area contributed by atoms with Crippen LogP contribution in [0.25, 0.3) is 11.0 Å². The third-order valence-electron chi connectivity index (χ3n) is 2.88. The summed E-state index contributed by atoms with van der Waals surface area (Å²) in [6.07, 6.45) is 0. The van der Waals surface area contributed by atoms with Crippen molar-refractivity contribution < 1.29 is 4.42 Å². The Labute approximate surface area is 98.8 Å². The molecule has 0 radical (unpaired) electrons. The Morgan fingerprint density at radius 1 is 1.25 bits per heavy atom. The molecule has 0 spiro atoms. The summed E-state index contributed by atoms with van der Waals surface area (Å²) in [5.74, 6) is 0.976. The third-order valence-corrected chi connectivity index (χ3v) is 3.12. The van der Waals surface area contributed by atoms with Gasteiger partial charge in [0.15, 0.2) is 0 Å². The van der Waals surface area contributed by atoms with Gasteiger partial charge in [-0.15, -0.1) is 0 Å². The number of halogens is 1. The van der Waals surface area contributed by atoms with Crippen molar-refractivity contribution in [2.75, 3.05) is 19.6 Å². The lowest BCUT2D eigenvalue weighted by Crippen LogP contribution is -2.42. The van der Waals surface area contributed by atoms with Gasteiger partial charge in [0, 0.05) is 30.0 Å². The maximum absolute atomic E-state index is 5.94. The molecule has 2 heterocycles. The first-order valence-corrected chi connectivity index (χ1v) is 5.84. The Balaban J connectivity index is 1.97. The van der Waals surface area contributed by atoms with E-state index in [1.165, 1.54) is 0 Å². The molecule has 2 aromatic rings. The van der Waals surface area contributed by atoms with Crippen LogP contribution in [-0.4, -0.2) is 19.6 Å². The molecule has 1 unspecified atom stereocenters. The van der Waals surface area contributed by atoms with Gasteiger partial charge in [-0.3, -0.25) is 0 Å². The molecule has 0 bridgehead atoms. The molecule has 0 aliphatic carbocycles. The van der Waals surface area contributed by atoms with Crippen LogP contribution < -0.4 is 10.6 Å². The molecule has 4 heteroatoms. The van der Waals surface area contributed by atoms with Gasteiger partial charge in [-0.05, 0) is 24.3 Å². The molecule has 3 nitrogen and oxygen atoms in total. The quantitative estimate of drug-likeness (QED) is 0.798. The van der Waals surface area contributed by atoms with Gasteiger partial charge in [0.25, 0.3) is 0 Å². The number of hydrogen-bond acceptors (Lipinski definition) is 3. The topological polar surface area (TPSA) is 37.2 Å². The molecule has 0 amide bonds. The highest BCUT2D eigenvalue weighted by atomic mass is 35.5. The molecule has 1 aromatic heterocycles. The first-order valence-electron chi connectivity index (χ1n) is 5.46. The largest absolute Gasteiger partial charge is 0.459 e. The zero-order valence-corrected chi connectivity index (χ0v) is 9.55. The minimum atomic E-state index is 0.264. The molecule has 1 fully saturated rings. The SMILES string of the molecule is Clc1ccc2oc(C3CNCCN3)cc2c1. The minimum Gasteiger partial charge on any atom is -0.459 e. The Morgan fingerprint density at radius 3 is 3.00 bits per heavy atom. The molecule has 1 aliphatic heterocycles. The minimum absolute atomic E-state index is 0.264. The van der Waals surface area contributed by atoms with E-state index < -0.39 is 0 Å². The van der Waals surface area contributed by atoms with Crippen molar-refractivity contribution in [3.63, 3.8) is 0 Å². The summed E-state index contributed by atoms with van der Waals surface area (Å²) in [5.41, 5.74) is 0.895. The standard InChI is InChI=1S/C12H13ClN2O/c13-9-1-2-11-8(5-9)6-12(16-11)10-7-14-3-4-15-10/h1-2,5-6,10,14-15H,3-4,7H2. The first kappa shape index (κ1) is 10.1. The van der Waals surface area contributed by atoms with Gasteiger partial charge >= 0.3 is 0 Å². The Kier molecular flexibility index (Phi) is 2.59.